The van der Waals surface area contributed by atoms with Crippen LogP contribution in [0.3, 0.4) is 0 Å². The van der Waals surface area contributed by atoms with Crippen molar-refractivity contribution < 1.29 is 9.53 Å². The fraction of sp³-hybridized carbons (Fsp3) is 0.562. The highest BCUT2D eigenvalue weighted by molar-refractivity contribution is 5.98. The summed E-state index contributed by atoms with van der Waals surface area (Å²) < 4.78 is 5.04. The predicted molar refractivity (Wildman–Crippen MR) is 85.8 cm³/mol. The highest BCUT2D eigenvalue weighted by Gasteiger charge is 2.17. The summed E-state index contributed by atoms with van der Waals surface area (Å²) in [5.74, 6) is -0.357. The number of benzene rings is 1. The number of anilines is 2. The van der Waals surface area contributed by atoms with Crippen LogP contribution in [0.15, 0.2) is 18.2 Å². The number of likely N-dealkylation sites (N-methyl/N-ethyl adjacent to an activating group) is 1. The molecule has 1 aromatic rings. The van der Waals surface area contributed by atoms with Gasteiger partial charge in [-0.1, -0.05) is 6.07 Å². The van der Waals surface area contributed by atoms with Crippen LogP contribution in [0.4, 0.5) is 11.4 Å². The molecule has 1 aliphatic rings. The van der Waals surface area contributed by atoms with Gasteiger partial charge in [0.2, 0.25) is 0 Å². The smallest absolute Gasteiger partial charge is 0.340 e. The lowest BCUT2D eigenvalue weighted by molar-refractivity contribution is 0.0527. The molecule has 2 rings (SSSR count). The van der Waals surface area contributed by atoms with E-state index < -0.39 is 0 Å². The maximum Gasteiger partial charge on any atom is 0.340 e. The number of nitrogens with two attached hydrogens (primary N) is 1. The largest absolute Gasteiger partial charge is 0.462 e. The van der Waals surface area contributed by atoms with Gasteiger partial charge in [-0.25, -0.2) is 4.79 Å². The van der Waals surface area contributed by atoms with Crippen molar-refractivity contribution in [2.75, 3.05) is 50.5 Å². The zero-order chi connectivity index (χ0) is 15.2. The number of likely N-dealkylation sites (tertiary alicyclic amines) is 1. The van der Waals surface area contributed by atoms with Crippen molar-refractivity contribution in [3.8, 4) is 0 Å². The lowest BCUT2D eigenvalue weighted by Gasteiger charge is -2.25. The number of hydrogen-bond acceptors (Lipinski definition) is 5. The molecule has 0 aromatic heterocycles. The number of carbonyl (C=O) groups is 1. The predicted octanol–water partition coefficient (Wildman–Crippen LogP) is 1.98. The Hall–Kier alpha value is -1.75. The second kappa shape index (κ2) is 7.31. The first-order chi connectivity index (χ1) is 10.1. The highest BCUT2D eigenvalue weighted by atomic mass is 16.5. The van der Waals surface area contributed by atoms with Crippen molar-refractivity contribution >= 4 is 17.3 Å². The third-order valence-electron chi connectivity index (χ3n) is 3.94. The molecule has 0 unspecified atom stereocenters. The van der Waals surface area contributed by atoms with E-state index >= 15 is 0 Å². The number of para-hydroxylation sites is 1. The average molecular weight is 291 g/mol. The van der Waals surface area contributed by atoms with Gasteiger partial charge in [-0.15, -0.1) is 0 Å². The molecule has 5 heteroatoms. The van der Waals surface area contributed by atoms with Crippen LogP contribution < -0.4 is 10.6 Å². The maximum atomic E-state index is 11.9. The summed E-state index contributed by atoms with van der Waals surface area (Å²) in [5, 5.41) is 0. The first-order valence-electron chi connectivity index (χ1n) is 7.62. The van der Waals surface area contributed by atoms with E-state index in [1.807, 2.05) is 19.2 Å². The van der Waals surface area contributed by atoms with Crippen LogP contribution in [-0.2, 0) is 4.74 Å². The van der Waals surface area contributed by atoms with Crippen molar-refractivity contribution in [3.05, 3.63) is 23.8 Å². The van der Waals surface area contributed by atoms with Crippen LogP contribution >= 0.6 is 0 Å². The molecule has 0 spiro atoms. The minimum atomic E-state index is -0.357. The molecule has 0 radical (unpaired) electrons. The van der Waals surface area contributed by atoms with Crippen molar-refractivity contribution in [1.29, 1.82) is 0 Å². The molecule has 116 valence electrons. The standard InChI is InChI=1S/C16H25N3O2/c1-3-21-16(20)13-7-6-8-14(15(13)17)18(2)11-12-19-9-4-5-10-19/h6-8H,3-5,9-12,17H2,1-2H3. The third-order valence-corrected chi connectivity index (χ3v) is 3.94. The Bertz CT molecular complexity index is 484. The van der Waals surface area contributed by atoms with Crippen LogP contribution in [0.25, 0.3) is 0 Å². The van der Waals surface area contributed by atoms with E-state index in [-0.39, 0.29) is 5.97 Å². The second-order valence-electron chi connectivity index (χ2n) is 5.43. The van der Waals surface area contributed by atoms with Gasteiger partial charge in [-0.2, -0.15) is 0 Å². The van der Waals surface area contributed by atoms with Crippen LogP contribution in [0, 0.1) is 0 Å². The number of hydrogen-bond donors (Lipinski definition) is 1. The number of esters is 1. The molecule has 1 heterocycles. The number of nitrogens with zero attached hydrogens (tertiary/aromatic N) is 2. The highest BCUT2D eigenvalue weighted by Crippen LogP contribution is 2.26. The molecule has 0 aliphatic carbocycles. The van der Waals surface area contributed by atoms with Gasteiger partial charge in [-0.05, 0) is 45.0 Å². The number of rotatable bonds is 6. The Labute approximate surface area is 126 Å². The lowest BCUT2D eigenvalue weighted by atomic mass is 10.1. The minimum absolute atomic E-state index is 0.354. The van der Waals surface area contributed by atoms with Gasteiger partial charge in [0, 0.05) is 20.1 Å². The zero-order valence-corrected chi connectivity index (χ0v) is 13.0. The van der Waals surface area contributed by atoms with Crippen LogP contribution in [-0.4, -0.2) is 50.7 Å². The van der Waals surface area contributed by atoms with Gasteiger partial charge in [0.15, 0.2) is 0 Å². The average Bonchev–Trinajstić information content (AvgIpc) is 2.98. The maximum absolute atomic E-state index is 11.9. The Balaban J connectivity index is 2.04. The molecule has 1 fully saturated rings. The van der Waals surface area contributed by atoms with Gasteiger partial charge in [0.05, 0.1) is 23.5 Å². The quantitative estimate of drug-likeness (QED) is 0.641. The monoisotopic (exact) mass is 291 g/mol. The Morgan fingerprint density at radius 1 is 1.38 bits per heavy atom. The third kappa shape index (κ3) is 3.88. The molecule has 2 N–H and O–H groups in total. The van der Waals surface area contributed by atoms with Crippen LogP contribution in [0.2, 0.25) is 0 Å². The summed E-state index contributed by atoms with van der Waals surface area (Å²) in [6.45, 7) is 6.45. The van der Waals surface area contributed by atoms with Crippen molar-refractivity contribution in [1.82, 2.24) is 4.90 Å². The molecule has 1 aliphatic heterocycles. The van der Waals surface area contributed by atoms with Gasteiger partial charge in [0.1, 0.15) is 0 Å². The normalized spacial score (nSPS) is 15.1. The fourth-order valence-corrected chi connectivity index (χ4v) is 2.69. The summed E-state index contributed by atoms with van der Waals surface area (Å²) in [4.78, 5) is 16.4. The number of nitrogen functional groups attached to an aromatic ring is 1. The second-order valence-corrected chi connectivity index (χ2v) is 5.43. The molecular weight excluding hydrogens is 266 g/mol. The summed E-state index contributed by atoms with van der Waals surface area (Å²) >= 11 is 0. The van der Waals surface area contributed by atoms with Gasteiger partial charge >= 0.3 is 5.97 Å². The fourth-order valence-electron chi connectivity index (χ4n) is 2.69. The zero-order valence-electron chi connectivity index (χ0n) is 13.0. The van der Waals surface area contributed by atoms with E-state index in [9.17, 15) is 4.79 Å². The molecule has 0 amide bonds. The van der Waals surface area contributed by atoms with Gasteiger partial charge in [-0.3, -0.25) is 0 Å². The first-order valence-corrected chi connectivity index (χ1v) is 7.62. The van der Waals surface area contributed by atoms with E-state index in [0.717, 1.165) is 18.8 Å². The van der Waals surface area contributed by atoms with E-state index in [1.54, 1.807) is 13.0 Å². The van der Waals surface area contributed by atoms with E-state index in [2.05, 4.69) is 9.80 Å². The molecule has 1 saturated heterocycles. The molecular formula is C16H25N3O2. The van der Waals surface area contributed by atoms with Gasteiger partial charge in [0.25, 0.3) is 0 Å². The van der Waals surface area contributed by atoms with Crippen molar-refractivity contribution in [3.63, 3.8) is 0 Å². The first kappa shape index (κ1) is 15.6. The van der Waals surface area contributed by atoms with Crippen LogP contribution in [0.1, 0.15) is 30.1 Å². The van der Waals surface area contributed by atoms with E-state index in [0.29, 0.717) is 17.9 Å². The number of carbonyl (C=O) groups excluding carboxylic acids is 1. The Morgan fingerprint density at radius 2 is 2.10 bits per heavy atom. The SMILES string of the molecule is CCOC(=O)c1cccc(N(C)CCN2CCCC2)c1N. The van der Waals surface area contributed by atoms with Crippen LogP contribution in [0.5, 0.6) is 0 Å². The molecule has 0 bridgehead atoms. The lowest BCUT2D eigenvalue weighted by Crippen LogP contribution is -2.31. The summed E-state index contributed by atoms with van der Waals surface area (Å²) in [5.41, 5.74) is 7.98. The van der Waals surface area contributed by atoms with Crippen molar-refractivity contribution in [2.45, 2.75) is 19.8 Å². The molecule has 1 aromatic carbocycles. The molecule has 21 heavy (non-hydrogen) atoms. The summed E-state index contributed by atoms with van der Waals surface area (Å²) in [6, 6.07) is 5.51. The Morgan fingerprint density at radius 3 is 2.76 bits per heavy atom. The summed E-state index contributed by atoms with van der Waals surface area (Å²) in [7, 11) is 2.01. The topological polar surface area (TPSA) is 58.8 Å². The molecule has 0 saturated carbocycles. The summed E-state index contributed by atoms with van der Waals surface area (Å²) in [6.07, 6.45) is 2.59. The molecule has 0 atom stereocenters. The van der Waals surface area contributed by atoms with Gasteiger partial charge < -0.3 is 20.3 Å². The molecule has 5 nitrogen and oxygen atoms in total. The van der Waals surface area contributed by atoms with E-state index in [4.69, 9.17) is 10.5 Å². The Kier molecular flexibility index (Phi) is 5.44. The van der Waals surface area contributed by atoms with Crippen molar-refractivity contribution in [2.24, 2.45) is 0 Å². The number of ether oxygens (including phenoxy) is 1. The minimum Gasteiger partial charge on any atom is -0.462 e. The van der Waals surface area contributed by atoms with E-state index in [1.165, 1.54) is 25.9 Å².